The number of piperidine rings is 2. The van der Waals surface area contributed by atoms with E-state index in [1.54, 1.807) is 6.92 Å². The van der Waals surface area contributed by atoms with Crippen molar-refractivity contribution in [2.75, 3.05) is 26.2 Å². The van der Waals surface area contributed by atoms with Crippen molar-refractivity contribution in [3.05, 3.63) is 33.7 Å². The van der Waals surface area contributed by atoms with E-state index in [9.17, 15) is 9.59 Å². The average molecular weight is 358 g/mol. The highest BCUT2D eigenvalue weighted by molar-refractivity contribution is 5.81. The third-order valence-electron chi connectivity index (χ3n) is 6.23. The third kappa shape index (κ3) is 3.32. The SMILES string of the molecule is C[C@H](N)C(=O)N1C[C@@H]2C[C@H](C1)c1ccc(CN3CCCCC3)c(=O)n1C2. The Balaban J connectivity index is 1.56. The molecule has 3 aliphatic rings. The summed E-state index contributed by atoms with van der Waals surface area (Å²) >= 11 is 0. The van der Waals surface area contributed by atoms with Crippen molar-refractivity contribution >= 4 is 5.91 Å². The molecule has 2 bridgehead atoms. The summed E-state index contributed by atoms with van der Waals surface area (Å²) in [6.07, 6.45) is 4.84. The first-order valence-corrected chi connectivity index (χ1v) is 10.0. The Labute approximate surface area is 155 Å². The second-order valence-corrected chi connectivity index (χ2v) is 8.37. The fourth-order valence-corrected chi connectivity index (χ4v) is 4.94. The number of nitrogens with zero attached hydrogens (tertiary/aromatic N) is 3. The molecule has 2 saturated heterocycles. The first-order valence-electron chi connectivity index (χ1n) is 10.0. The fraction of sp³-hybridized carbons (Fsp3) is 0.700. The number of amides is 1. The van der Waals surface area contributed by atoms with E-state index in [1.807, 2.05) is 15.5 Å². The monoisotopic (exact) mass is 358 g/mol. The number of pyridine rings is 1. The third-order valence-corrected chi connectivity index (χ3v) is 6.23. The van der Waals surface area contributed by atoms with Crippen LogP contribution >= 0.6 is 0 Å². The molecule has 0 spiro atoms. The second-order valence-electron chi connectivity index (χ2n) is 8.37. The maximum Gasteiger partial charge on any atom is 0.255 e. The Morgan fingerprint density at radius 2 is 1.96 bits per heavy atom. The molecule has 6 nitrogen and oxygen atoms in total. The lowest BCUT2D eigenvalue weighted by atomic mass is 9.82. The number of nitrogens with two attached hydrogens (primary N) is 1. The van der Waals surface area contributed by atoms with Crippen molar-refractivity contribution in [2.45, 2.75) is 57.7 Å². The number of aromatic nitrogens is 1. The van der Waals surface area contributed by atoms with Crippen LogP contribution in [-0.4, -0.2) is 52.5 Å². The number of hydrogen-bond acceptors (Lipinski definition) is 4. The molecule has 2 N–H and O–H groups in total. The molecule has 1 aromatic heterocycles. The van der Waals surface area contributed by atoms with Crippen molar-refractivity contribution in [1.82, 2.24) is 14.4 Å². The minimum Gasteiger partial charge on any atom is -0.340 e. The van der Waals surface area contributed by atoms with E-state index >= 15 is 0 Å². The highest BCUT2D eigenvalue weighted by Crippen LogP contribution is 2.35. The molecule has 2 fully saturated rings. The van der Waals surface area contributed by atoms with E-state index in [1.165, 1.54) is 19.3 Å². The van der Waals surface area contributed by atoms with E-state index in [4.69, 9.17) is 5.73 Å². The van der Waals surface area contributed by atoms with Crippen LogP contribution in [0.4, 0.5) is 0 Å². The number of likely N-dealkylation sites (tertiary alicyclic amines) is 2. The number of fused-ring (bicyclic) bond motifs is 4. The first-order chi connectivity index (χ1) is 12.5. The summed E-state index contributed by atoms with van der Waals surface area (Å²) in [7, 11) is 0. The molecule has 142 valence electrons. The summed E-state index contributed by atoms with van der Waals surface area (Å²) in [5, 5.41) is 0. The van der Waals surface area contributed by atoms with Gasteiger partial charge < -0.3 is 15.2 Å². The largest absolute Gasteiger partial charge is 0.340 e. The molecule has 6 heteroatoms. The van der Waals surface area contributed by atoms with E-state index < -0.39 is 6.04 Å². The van der Waals surface area contributed by atoms with Gasteiger partial charge in [-0.15, -0.1) is 0 Å². The molecule has 0 unspecified atom stereocenters. The van der Waals surface area contributed by atoms with Crippen LogP contribution in [0.25, 0.3) is 0 Å². The number of hydrogen-bond donors (Lipinski definition) is 1. The zero-order valence-corrected chi connectivity index (χ0v) is 15.7. The van der Waals surface area contributed by atoms with Gasteiger partial charge in [0.1, 0.15) is 0 Å². The highest BCUT2D eigenvalue weighted by atomic mass is 16.2. The highest BCUT2D eigenvalue weighted by Gasteiger charge is 2.37. The van der Waals surface area contributed by atoms with Crippen LogP contribution in [-0.2, 0) is 17.9 Å². The summed E-state index contributed by atoms with van der Waals surface area (Å²) in [5.41, 5.74) is 7.98. The minimum atomic E-state index is -0.456. The van der Waals surface area contributed by atoms with Crippen LogP contribution in [0.2, 0.25) is 0 Å². The Bertz CT molecular complexity index is 736. The molecule has 1 amide bonds. The van der Waals surface area contributed by atoms with Crippen LogP contribution in [0, 0.1) is 5.92 Å². The van der Waals surface area contributed by atoms with Crippen LogP contribution in [0.5, 0.6) is 0 Å². The fourth-order valence-electron chi connectivity index (χ4n) is 4.94. The molecule has 4 heterocycles. The average Bonchev–Trinajstić information content (AvgIpc) is 2.64. The Morgan fingerprint density at radius 3 is 2.69 bits per heavy atom. The molecule has 3 atom stereocenters. The van der Waals surface area contributed by atoms with Crippen molar-refractivity contribution in [1.29, 1.82) is 0 Å². The van der Waals surface area contributed by atoms with Gasteiger partial charge in [0.05, 0.1) is 6.04 Å². The second kappa shape index (κ2) is 7.16. The van der Waals surface area contributed by atoms with Gasteiger partial charge >= 0.3 is 0 Å². The van der Waals surface area contributed by atoms with Crippen LogP contribution in [0.3, 0.4) is 0 Å². The van der Waals surface area contributed by atoms with E-state index in [2.05, 4.69) is 11.0 Å². The summed E-state index contributed by atoms with van der Waals surface area (Å²) in [6.45, 7) is 6.84. The minimum absolute atomic E-state index is 0.0252. The van der Waals surface area contributed by atoms with Gasteiger partial charge in [-0.05, 0) is 51.3 Å². The summed E-state index contributed by atoms with van der Waals surface area (Å²) in [4.78, 5) is 29.7. The first kappa shape index (κ1) is 17.7. The predicted octanol–water partition coefficient (Wildman–Crippen LogP) is 1.13. The van der Waals surface area contributed by atoms with Crippen molar-refractivity contribution in [2.24, 2.45) is 11.7 Å². The number of rotatable bonds is 3. The maximum absolute atomic E-state index is 13.1. The Kier molecular flexibility index (Phi) is 4.88. The van der Waals surface area contributed by atoms with Crippen LogP contribution in [0.15, 0.2) is 16.9 Å². The molecule has 0 radical (unpaired) electrons. The smallest absolute Gasteiger partial charge is 0.255 e. The van der Waals surface area contributed by atoms with Gasteiger partial charge in [0.25, 0.3) is 5.56 Å². The summed E-state index contributed by atoms with van der Waals surface area (Å²) in [5.74, 6) is 0.631. The maximum atomic E-state index is 13.1. The summed E-state index contributed by atoms with van der Waals surface area (Å²) < 4.78 is 1.99. The zero-order valence-electron chi connectivity index (χ0n) is 15.7. The zero-order chi connectivity index (χ0) is 18.3. The van der Waals surface area contributed by atoms with Gasteiger partial charge in [-0.1, -0.05) is 12.5 Å². The molecule has 1 aromatic rings. The molecular weight excluding hydrogens is 328 g/mol. The van der Waals surface area contributed by atoms with Gasteiger partial charge in [-0.25, -0.2) is 0 Å². The van der Waals surface area contributed by atoms with E-state index in [0.29, 0.717) is 12.5 Å². The number of carbonyl (C=O) groups is 1. The van der Waals surface area contributed by atoms with Gasteiger partial charge in [0, 0.05) is 43.4 Å². The van der Waals surface area contributed by atoms with Crippen molar-refractivity contribution < 1.29 is 4.79 Å². The van der Waals surface area contributed by atoms with Crippen LogP contribution < -0.4 is 11.3 Å². The Morgan fingerprint density at radius 1 is 1.19 bits per heavy atom. The normalized spacial score (nSPS) is 27.1. The summed E-state index contributed by atoms with van der Waals surface area (Å²) in [6, 6.07) is 3.69. The van der Waals surface area contributed by atoms with E-state index in [-0.39, 0.29) is 17.4 Å². The molecule has 0 aromatic carbocycles. The predicted molar refractivity (Wildman–Crippen MR) is 101 cm³/mol. The van der Waals surface area contributed by atoms with Gasteiger partial charge in [0.2, 0.25) is 5.91 Å². The van der Waals surface area contributed by atoms with Crippen molar-refractivity contribution in [3.8, 4) is 0 Å². The molecule has 0 saturated carbocycles. The molecule has 3 aliphatic heterocycles. The van der Waals surface area contributed by atoms with Gasteiger partial charge in [-0.3, -0.25) is 14.5 Å². The standard InChI is InChI=1S/C20H30N4O2/c1-14(21)19(25)23-10-15-9-17(13-23)18-6-5-16(20(26)24(18)11-15)12-22-7-3-2-4-8-22/h5-6,14-15,17H,2-4,7-13,21H2,1H3/t14-,15-,17+/m0/s1. The van der Waals surface area contributed by atoms with E-state index in [0.717, 1.165) is 50.4 Å². The molecule has 4 rings (SSSR count). The van der Waals surface area contributed by atoms with Gasteiger partial charge in [-0.2, -0.15) is 0 Å². The van der Waals surface area contributed by atoms with Crippen molar-refractivity contribution in [3.63, 3.8) is 0 Å². The molecule has 26 heavy (non-hydrogen) atoms. The Hall–Kier alpha value is -1.66. The lowest BCUT2D eigenvalue weighted by molar-refractivity contribution is -0.134. The number of carbonyl (C=O) groups excluding carboxylic acids is 1. The lowest BCUT2D eigenvalue weighted by Crippen LogP contribution is -2.52. The topological polar surface area (TPSA) is 71.6 Å². The molecular formula is C20H30N4O2. The van der Waals surface area contributed by atoms with Crippen LogP contribution in [0.1, 0.15) is 49.8 Å². The quantitative estimate of drug-likeness (QED) is 0.879. The lowest BCUT2D eigenvalue weighted by Gasteiger charge is -2.43. The van der Waals surface area contributed by atoms with Gasteiger partial charge in [0.15, 0.2) is 0 Å². The molecule has 0 aliphatic carbocycles.